The number of likely N-dealkylation sites (tertiary alicyclic amines) is 1. The first kappa shape index (κ1) is 38.9. The van der Waals surface area contributed by atoms with Gasteiger partial charge in [0.25, 0.3) is 11.5 Å². The van der Waals surface area contributed by atoms with E-state index in [0.29, 0.717) is 65.8 Å². The van der Waals surface area contributed by atoms with E-state index in [0.717, 1.165) is 51.0 Å². The topological polar surface area (TPSA) is 148 Å². The molecule has 0 bridgehead atoms. The van der Waals surface area contributed by atoms with Crippen LogP contribution in [0.3, 0.4) is 0 Å². The van der Waals surface area contributed by atoms with Crippen molar-refractivity contribution in [1.29, 1.82) is 0 Å². The highest BCUT2D eigenvalue weighted by atomic mass is 32.2. The summed E-state index contributed by atoms with van der Waals surface area (Å²) in [5, 5.41) is 12.0. The largest absolute Gasteiger partial charge is 0.493 e. The van der Waals surface area contributed by atoms with Crippen LogP contribution in [0.15, 0.2) is 87.4 Å². The van der Waals surface area contributed by atoms with Crippen molar-refractivity contribution < 1.29 is 19.0 Å². The molecule has 304 valence electrons. The Morgan fingerprint density at radius 3 is 2.47 bits per heavy atom. The van der Waals surface area contributed by atoms with Crippen LogP contribution in [0.5, 0.6) is 11.5 Å². The fourth-order valence-electron chi connectivity index (χ4n) is 8.52. The number of carbonyl (C=O) groups is 1. The number of benzene rings is 3. The van der Waals surface area contributed by atoms with E-state index in [-0.39, 0.29) is 30.8 Å². The lowest BCUT2D eigenvalue weighted by atomic mass is 9.81. The Bertz CT molecular complexity index is 2660. The van der Waals surface area contributed by atoms with E-state index >= 15 is 0 Å². The molecule has 0 spiro atoms. The monoisotopic (exact) mass is 832 g/mol. The highest BCUT2D eigenvalue weighted by Gasteiger charge is 2.35. The van der Waals surface area contributed by atoms with Crippen molar-refractivity contribution in [2.45, 2.75) is 57.5 Å². The molecule has 6 heterocycles. The SMILES string of the molecule is CCOc1cc2c(cc1OC)C(c1ccc(C(=O)N3CCC(n4c(=O)c5sc(-c6ccccc6)cc5n(Cc5nnnn5COC)c4=O)CC3)cc1)=N[C@@H]1CCSC[C@H]21. The zero-order valence-electron chi connectivity index (χ0n) is 33.1. The van der Waals surface area contributed by atoms with Gasteiger partial charge in [0.15, 0.2) is 17.3 Å². The average molecular weight is 833 g/mol. The van der Waals surface area contributed by atoms with E-state index in [2.05, 4.69) is 21.6 Å². The molecule has 0 radical (unpaired) electrons. The number of piperidine rings is 1. The summed E-state index contributed by atoms with van der Waals surface area (Å²) < 4.78 is 21.9. The second-order valence-electron chi connectivity index (χ2n) is 14.9. The number of amides is 1. The van der Waals surface area contributed by atoms with E-state index in [4.69, 9.17) is 19.2 Å². The van der Waals surface area contributed by atoms with Gasteiger partial charge in [0.2, 0.25) is 0 Å². The van der Waals surface area contributed by atoms with Gasteiger partial charge in [-0.3, -0.25) is 23.7 Å². The summed E-state index contributed by atoms with van der Waals surface area (Å²) in [4.78, 5) is 50.6. The summed E-state index contributed by atoms with van der Waals surface area (Å²) in [6.45, 7) is 3.46. The number of carbonyl (C=O) groups excluding carboxylic acids is 1. The van der Waals surface area contributed by atoms with Crippen LogP contribution in [0.25, 0.3) is 20.7 Å². The minimum atomic E-state index is -0.440. The highest BCUT2D eigenvalue weighted by Crippen LogP contribution is 2.44. The van der Waals surface area contributed by atoms with Gasteiger partial charge in [0, 0.05) is 59.5 Å². The number of hydrogen-bond acceptors (Lipinski definition) is 12. The zero-order chi connectivity index (χ0) is 40.6. The molecule has 0 saturated carbocycles. The molecule has 2 saturated heterocycles. The van der Waals surface area contributed by atoms with Crippen molar-refractivity contribution in [3.63, 3.8) is 0 Å². The molecule has 59 heavy (non-hydrogen) atoms. The molecule has 0 N–H and O–H groups in total. The minimum Gasteiger partial charge on any atom is -0.493 e. The van der Waals surface area contributed by atoms with Crippen LogP contribution in [-0.4, -0.2) is 97.3 Å². The third-order valence-electron chi connectivity index (χ3n) is 11.5. The van der Waals surface area contributed by atoms with Crippen LogP contribution in [0, 0.1) is 0 Å². The maximum absolute atomic E-state index is 14.4. The van der Waals surface area contributed by atoms with Gasteiger partial charge in [-0.2, -0.15) is 11.8 Å². The summed E-state index contributed by atoms with van der Waals surface area (Å²) in [6, 6.07) is 23.3. The third kappa shape index (κ3) is 7.27. The maximum atomic E-state index is 14.4. The molecule has 6 aromatic rings. The lowest BCUT2D eigenvalue weighted by Gasteiger charge is -2.35. The molecule has 16 heteroatoms. The molecule has 9 rings (SSSR count). The minimum absolute atomic E-state index is 0.0461. The van der Waals surface area contributed by atoms with Gasteiger partial charge >= 0.3 is 5.69 Å². The Balaban J connectivity index is 0.971. The number of thioether (sulfide) groups is 1. The van der Waals surface area contributed by atoms with Crippen molar-refractivity contribution in [1.82, 2.24) is 34.2 Å². The number of nitrogens with zero attached hydrogens (tertiary/aromatic N) is 8. The van der Waals surface area contributed by atoms with Gasteiger partial charge in [-0.15, -0.1) is 16.4 Å². The molecule has 14 nitrogen and oxygen atoms in total. The normalized spacial score (nSPS) is 18.0. The van der Waals surface area contributed by atoms with Crippen molar-refractivity contribution in [2.75, 3.05) is 45.4 Å². The lowest BCUT2D eigenvalue weighted by Crippen LogP contribution is -2.47. The van der Waals surface area contributed by atoms with Gasteiger partial charge in [-0.1, -0.05) is 42.5 Å². The predicted octanol–water partition coefficient (Wildman–Crippen LogP) is 5.86. The summed E-state index contributed by atoms with van der Waals surface area (Å²) >= 11 is 3.33. The third-order valence-corrected chi connectivity index (χ3v) is 13.8. The smallest absolute Gasteiger partial charge is 0.332 e. The van der Waals surface area contributed by atoms with Crippen molar-refractivity contribution in [3.8, 4) is 21.9 Å². The van der Waals surface area contributed by atoms with Gasteiger partial charge in [-0.05, 0) is 83.8 Å². The van der Waals surface area contributed by atoms with Crippen molar-refractivity contribution >= 4 is 44.9 Å². The van der Waals surface area contributed by atoms with Gasteiger partial charge in [-0.25, -0.2) is 9.48 Å². The molecular formula is C43H44N8O6S2. The molecule has 2 fully saturated rings. The lowest BCUT2D eigenvalue weighted by molar-refractivity contribution is 0.0691. The van der Waals surface area contributed by atoms with Gasteiger partial charge < -0.3 is 19.1 Å². The first-order chi connectivity index (χ1) is 28.9. The molecule has 0 unspecified atom stereocenters. The Labute approximate surface area is 348 Å². The predicted molar refractivity (Wildman–Crippen MR) is 229 cm³/mol. The van der Waals surface area contributed by atoms with E-state index in [1.165, 1.54) is 26.1 Å². The fourth-order valence-corrected chi connectivity index (χ4v) is 10.9. The van der Waals surface area contributed by atoms with Crippen LogP contribution in [0.4, 0.5) is 0 Å². The number of methoxy groups -OCH3 is 2. The number of aromatic nitrogens is 6. The van der Waals surface area contributed by atoms with Crippen molar-refractivity contribution in [2.24, 2.45) is 4.99 Å². The summed E-state index contributed by atoms with van der Waals surface area (Å²) in [5.41, 5.74) is 5.38. The van der Waals surface area contributed by atoms with Gasteiger partial charge in [0.05, 0.1) is 37.5 Å². The Morgan fingerprint density at radius 2 is 1.73 bits per heavy atom. The molecule has 1 amide bonds. The standard InChI is InChI=1S/C43H44N8O6S2/c1-4-57-36-20-30-31(21-35(36)56-3)39(44-33-16-19-58-24-32(30)33)27-10-12-28(13-11-27)41(52)48-17-14-29(15-18-48)51-42(53)40-34(22-37(59-40)26-8-6-5-7-9-26)49(43(51)54)23-38-45-46-47-50(38)25-55-2/h5-13,20-22,29,32-33H,4,14-19,23-25H2,1-3H3/t32-,33-/m1/s1. The second-order valence-corrected chi connectivity index (χ2v) is 17.1. The Morgan fingerprint density at radius 1 is 0.932 bits per heavy atom. The average Bonchev–Trinajstić information content (AvgIpc) is 3.93. The van der Waals surface area contributed by atoms with Crippen LogP contribution in [0.1, 0.15) is 71.0 Å². The van der Waals surface area contributed by atoms with E-state index in [1.807, 2.05) is 90.3 Å². The van der Waals surface area contributed by atoms with Crippen LogP contribution in [-0.2, 0) is 18.0 Å². The zero-order valence-corrected chi connectivity index (χ0v) is 34.7. The molecular weight excluding hydrogens is 789 g/mol. The van der Waals surface area contributed by atoms with Crippen LogP contribution >= 0.6 is 23.1 Å². The van der Waals surface area contributed by atoms with E-state index < -0.39 is 11.7 Å². The fraction of sp³-hybridized carbons (Fsp3) is 0.372. The summed E-state index contributed by atoms with van der Waals surface area (Å²) in [5.74, 6) is 4.14. The van der Waals surface area contributed by atoms with Gasteiger partial charge in [0.1, 0.15) is 11.4 Å². The van der Waals surface area contributed by atoms with Crippen LogP contribution in [0.2, 0.25) is 0 Å². The number of thiophene rings is 1. The molecule has 3 aliphatic rings. The maximum Gasteiger partial charge on any atom is 0.332 e. The Kier molecular flexibility index (Phi) is 10.9. The number of ether oxygens (including phenoxy) is 3. The Hall–Kier alpha value is -5.58. The van der Waals surface area contributed by atoms with E-state index in [9.17, 15) is 14.4 Å². The number of fused-ring (bicyclic) bond motifs is 4. The molecule has 3 aliphatic heterocycles. The van der Waals surface area contributed by atoms with Crippen LogP contribution < -0.4 is 20.7 Å². The van der Waals surface area contributed by atoms with E-state index in [1.54, 1.807) is 18.8 Å². The first-order valence-corrected chi connectivity index (χ1v) is 21.8. The summed E-state index contributed by atoms with van der Waals surface area (Å²) in [6.07, 6.45) is 1.90. The first-order valence-electron chi connectivity index (χ1n) is 19.8. The quantitative estimate of drug-likeness (QED) is 0.156. The molecule has 2 atom stereocenters. The molecule has 3 aromatic heterocycles. The number of rotatable bonds is 11. The number of hydrogen-bond donors (Lipinski definition) is 0. The molecule has 3 aromatic carbocycles. The second kappa shape index (κ2) is 16.6. The van der Waals surface area contributed by atoms with Crippen molar-refractivity contribution in [3.05, 3.63) is 122 Å². The highest BCUT2D eigenvalue weighted by molar-refractivity contribution is 7.99. The molecule has 0 aliphatic carbocycles. The number of aliphatic imine (C=N–C) groups is 1. The summed E-state index contributed by atoms with van der Waals surface area (Å²) in [7, 11) is 3.20. The number of tetrazole rings is 1.